The second-order valence-corrected chi connectivity index (χ2v) is 6.59. The molecule has 1 saturated heterocycles. The van der Waals surface area contributed by atoms with Crippen molar-refractivity contribution < 1.29 is 9.59 Å². The molecule has 3 amide bonds. The maximum atomic E-state index is 12.3. The summed E-state index contributed by atoms with van der Waals surface area (Å²) in [4.78, 5) is 26.3. The highest BCUT2D eigenvalue weighted by Crippen LogP contribution is 2.24. The molecule has 2 aromatic rings. The van der Waals surface area contributed by atoms with Crippen molar-refractivity contribution in [3.8, 4) is 0 Å². The lowest BCUT2D eigenvalue weighted by Crippen LogP contribution is -2.39. The second kappa shape index (κ2) is 6.97. The number of carbonyl (C=O) groups is 2. The van der Waals surface area contributed by atoms with Gasteiger partial charge in [-0.2, -0.15) is 0 Å². The fraction of sp³-hybridized carbons (Fsp3) is 0.300. The van der Waals surface area contributed by atoms with Crippen molar-refractivity contribution >= 4 is 23.3 Å². The summed E-state index contributed by atoms with van der Waals surface area (Å²) in [6, 6.07) is 13.1. The second-order valence-electron chi connectivity index (χ2n) is 6.59. The Morgan fingerprint density at radius 2 is 1.80 bits per heavy atom. The zero-order valence-corrected chi connectivity index (χ0v) is 14.8. The Labute approximate surface area is 148 Å². The van der Waals surface area contributed by atoms with Crippen LogP contribution in [0.2, 0.25) is 0 Å². The van der Waals surface area contributed by atoms with Crippen LogP contribution in [0, 0.1) is 20.8 Å². The molecule has 0 saturated carbocycles. The number of amides is 3. The third kappa shape index (κ3) is 3.82. The van der Waals surface area contributed by atoms with Crippen molar-refractivity contribution in [2.24, 2.45) is 0 Å². The minimum absolute atomic E-state index is 0.0319. The first kappa shape index (κ1) is 17.0. The van der Waals surface area contributed by atoms with Gasteiger partial charge in [-0.1, -0.05) is 24.3 Å². The van der Waals surface area contributed by atoms with Gasteiger partial charge in [0.2, 0.25) is 5.91 Å². The summed E-state index contributed by atoms with van der Waals surface area (Å²) in [5, 5.41) is 5.74. The highest BCUT2D eigenvalue weighted by atomic mass is 16.2. The number of benzene rings is 2. The molecule has 0 aromatic heterocycles. The van der Waals surface area contributed by atoms with E-state index in [-0.39, 0.29) is 18.0 Å². The highest BCUT2D eigenvalue weighted by molar-refractivity contribution is 5.97. The highest BCUT2D eigenvalue weighted by Gasteiger charge is 2.31. The third-order valence-electron chi connectivity index (χ3n) is 4.66. The van der Waals surface area contributed by atoms with E-state index in [9.17, 15) is 9.59 Å². The smallest absolute Gasteiger partial charge is 0.319 e. The Balaban J connectivity index is 1.63. The van der Waals surface area contributed by atoms with Gasteiger partial charge in [-0.25, -0.2) is 4.79 Å². The van der Waals surface area contributed by atoms with Gasteiger partial charge < -0.3 is 15.5 Å². The zero-order chi connectivity index (χ0) is 18.0. The number of para-hydroxylation sites is 1. The molecule has 0 unspecified atom stereocenters. The average Bonchev–Trinajstić information content (AvgIpc) is 2.92. The molecule has 0 bridgehead atoms. The number of hydrogen-bond acceptors (Lipinski definition) is 2. The summed E-state index contributed by atoms with van der Waals surface area (Å²) in [6.07, 6.45) is 0.314. The Morgan fingerprint density at radius 3 is 2.52 bits per heavy atom. The summed E-state index contributed by atoms with van der Waals surface area (Å²) >= 11 is 0. The lowest BCUT2D eigenvalue weighted by Gasteiger charge is -2.18. The van der Waals surface area contributed by atoms with E-state index in [0.717, 1.165) is 22.5 Å². The van der Waals surface area contributed by atoms with Crippen LogP contribution in [0.25, 0.3) is 0 Å². The fourth-order valence-corrected chi connectivity index (χ4v) is 3.00. The summed E-state index contributed by atoms with van der Waals surface area (Å²) in [6.45, 7) is 6.51. The quantitative estimate of drug-likeness (QED) is 0.900. The van der Waals surface area contributed by atoms with Gasteiger partial charge in [-0.15, -0.1) is 0 Å². The van der Waals surface area contributed by atoms with E-state index in [1.165, 1.54) is 5.56 Å². The number of aryl methyl sites for hydroxylation is 3. The molecule has 1 aliphatic rings. The monoisotopic (exact) mass is 337 g/mol. The van der Waals surface area contributed by atoms with E-state index in [1.54, 1.807) is 4.90 Å². The maximum Gasteiger partial charge on any atom is 0.319 e. The van der Waals surface area contributed by atoms with Crippen LogP contribution in [-0.4, -0.2) is 24.5 Å². The van der Waals surface area contributed by atoms with Crippen LogP contribution < -0.4 is 15.5 Å². The van der Waals surface area contributed by atoms with Crippen LogP contribution in [0.5, 0.6) is 0 Å². The van der Waals surface area contributed by atoms with Crippen LogP contribution in [-0.2, 0) is 4.79 Å². The van der Waals surface area contributed by atoms with Gasteiger partial charge in [0, 0.05) is 24.3 Å². The molecule has 0 aliphatic carbocycles. The van der Waals surface area contributed by atoms with Gasteiger partial charge in [0.25, 0.3) is 0 Å². The number of rotatable bonds is 3. The number of hydrogen-bond donors (Lipinski definition) is 2. The Morgan fingerprint density at radius 1 is 1.04 bits per heavy atom. The molecule has 25 heavy (non-hydrogen) atoms. The number of nitrogens with zero attached hydrogens (tertiary/aromatic N) is 1. The van der Waals surface area contributed by atoms with E-state index in [0.29, 0.717) is 13.0 Å². The first-order chi connectivity index (χ1) is 11.9. The first-order valence-electron chi connectivity index (χ1n) is 8.45. The molecule has 1 fully saturated rings. The van der Waals surface area contributed by atoms with Crippen molar-refractivity contribution in [2.45, 2.75) is 33.2 Å². The van der Waals surface area contributed by atoms with Gasteiger partial charge in [-0.05, 0) is 55.7 Å². The summed E-state index contributed by atoms with van der Waals surface area (Å²) in [5.41, 5.74) is 5.01. The van der Waals surface area contributed by atoms with Crippen LogP contribution >= 0.6 is 0 Å². The standard InChI is InChI=1S/C20H23N3O2/c1-13-8-9-17(10-15(13)3)23-12-16(11-19(23)24)21-20(25)22-18-7-5-4-6-14(18)2/h4-10,16H,11-12H2,1-3H3,(H2,21,22,25)/t16-/m1/s1. The molecule has 0 radical (unpaired) electrons. The molecule has 5 nitrogen and oxygen atoms in total. The van der Waals surface area contributed by atoms with Crippen molar-refractivity contribution in [2.75, 3.05) is 16.8 Å². The van der Waals surface area contributed by atoms with Crippen LogP contribution in [0.15, 0.2) is 42.5 Å². The lowest BCUT2D eigenvalue weighted by molar-refractivity contribution is -0.117. The van der Waals surface area contributed by atoms with Crippen LogP contribution in [0.3, 0.4) is 0 Å². The van der Waals surface area contributed by atoms with Crippen LogP contribution in [0.4, 0.5) is 16.2 Å². The molecule has 1 atom stereocenters. The number of carbonyl (C=O) groups excluding carboxylic acids is 2. The summed E-state index contributed by atoms with van der Waals surface area (Å²) in [7, 11) is 0. The van der Waals surface area contributed by atoms with E-state index in [2.05, 4.69) is 10.6 Å². The molecule has 130 valence electrons. The molecular weight excluding hydrogens is 314 g/mol. The molecule has 1 heterocycles. The lowest BCUT2D eigenvalue weighted by atomic mass is 10.1. The molecule has 2 N–H and O–H groups in total. The number of urea groups is 1. The first-order valence-corrected chi connectivity index (χ1v) is 8.45. The van der Waals surface area contributed by atoms with E-state index in [1.807, 2.05) is 63.2 Å². The van der Waals surface area contributed by atoms with Gasteiger partial charge in [0.1, 0.15) is 0 Å². The fourth-order valence-electron chi connectivity index (χ4n) is 3.00. The average molecular weight is 337 g/mol. The van der Waals surface area contributed by atoms with Gasteiger partial charge in [0.05, 0.1) is 6.04 Å². The van der Waals surface area contributed by atoms with E-state index in [4.69, 9.17) is 0 Å². The molecule has 5 heteroatoms. The van der Waals surface area contributed by atoms with Crippen molar-refractivity contribution in [3.63, 3.8) is 0 Å². The molecule has 3 rings (SSSR count). The van der Waals surface area contributed by atoms with Gasteiger partial charge >= 0.3 is 6.03 Å². The minimum atomic E-state index is -0.283. The normalized spacial score (nSPS) is 16.8. The van der Waals surface area contributed by atoms with Crippen LogP contribution in [0.1, 0.15) is 23.1 Å². The number of nitrogens with one attached hydrogen (secondary N) is 2. The van der Waals surface area contributed by atoms with Gasteiger partial charge in [-0.3, -0.25) is 4.79 Å². The summed E-state index contributed by atoms with van der Waals surface area (Å²) < 4.78 is 0. The predicted molar refractivity (Wildman–Crippen MR) is 100 cm³/mol. The van der Waals surface area contributed by atoms with Crippen molar-refractivity contribution in [3.05, 3.63) is 59.2 Å². The Bertz CT molecular complexity index is 816. The van der Waals surface area contributed by atoms with Crippen molar-refractivity contribution in [1.29, 1.82) is 0 Å². The topological polar surface area (TPSA) is 61.4 Å². The van der Waals surface area contributed by atoms with Gasteiger partial charge in [0.15, 0.2) is 0 Å². The molecular formula is C20H23N3O2. The SMILES string of the molecule is Cc1ccc(N2C[C@H](NC(=O)Nc3ccccc3C)CC2=O)cc1C. The molecule has 2 aromatic carbocycles. The predicted octanol–water partition coefficient (Wildman–Crippen LogP) is 3.54. The third-order valence-corrected chi connectivity index (χ3v) is 4.66. The largest absolute Gasteiger partial charge is 0.333 e. The Hall–Kier alpha value is -2.82. The van der Waals surface area contributed by atoms with E-state index < -0.39 is 0 Å². The Kier molecular flexibility index (Phi) is 4.74. The summed E-state index contributed by atoms with van der Waals surface area (Å²) in [5.74, 6) is 0.0319. The zero-order valence-electron chi connectivity index (χ0n) is 14.8. The molecule has 0 spiro atoms. The van der Waals surface area contributed by atoms with Crippen molar-refractivity contribution in [1.82, 2.24) is 5.32 Å². The number of anilines is 2. The maximum absolute atomic E-state index is 12.3. The van der Waals surface area contributed by atoms with E-state index >= 15 is 0 Å². The molecule has 1 aliphatic heterocycles. The minimum Gasteiger partial charge on any atom is -0.333 e.